The maximum atomic E-state index is 13.1. The number of aliphatic carboxylic acids is 1. The number of nitrogens with zero attached hydrogens (tertiary/aromatic N) is 1. The van der Waals surface area contributed by atoms with Gasteiger partial charge in [-0.25, -0.2) is 4.79 Å². The van der Waals surface area contributed by atoms with E-state index in [1.807, 2.05) is 0 Å². The van der Waals surface area contributed by atoms with Gasteiger partial charge in [-0.05, 0) is 31.4 Å². The van der Waals surface area contributed by atoms with E-state index in [1.165, 1.54) is 0 Å². The Balaban J connectivity index is 2.94. The number of carboxylic acids is 1. The summed E-state index contributed by atoms with van der Waals surface area (Å²) in [7, 11) is 1.57. The van der Waals surface area contributed by atoms with Gasteiger partial charge < -0.3 is 48.3 Å². The van der Waals surface area contributed by atoms with E-state index < -0.39 is 66.3 Å². The van der Waals surface area contributed by atoms with Gasteiger partial charge in [0, 0.05) is 13.0 Å². The molecule has 0 spiro atoms. The van der Waals surface area contributed by atoms with Gasteiger partial charge in [-0.1, -0.05) is 44.2 Å². The fourth-order valence-corrected chi connectivity index (χ4v) is 3.74. The molecule has 0 fully saturated rings. The van der Waals surface area contributed by atoms with Crippen LogP contribution in [-0.4, -0.2) is 96.7 Å². The minimum Gasteiger partial charge on any atom is -0.480 e. The molecule has 0 bridgehead atoms. The van der Waals surface area contributed by atoms with Crippen LogP contribution < -0.4 is 38.1 Å². The van der Waals surface area contributed by atoms with E-state index in [2.05, 4.69) is 31.6 Å². The Bertz CT molecular complexity index is 1050. The number of rotatable bonds is 18. The van der Waals surface area contributed by atoms with Crippen molar-refractivity contribution in [3.63, 3.8) is 0 Å². The second-order valence-corrected chi connectivity index (χ2v) is 9.66. The van der Waals surface area contributed by atoms with Gasteiger partial charge in [0.2, 0.25) is 23.6 Å². The Kier molecular flexibility index (Phi) is 15.4. The molecule has 0 heterocycles. The Morgan fingerprint density at radius 2 is 1.49 bits per heavy atom. The van der Waals surface area contributed by atoms with Crippen molar-refractivity contribution in [2.24, 2.45) is 22.4 Å². The summed E-state index contributed by atoms with van der Waals surface area (Å²) < 4.78 is 0. The number of nitrogens with two attached hydrogens (primary N) is 2. The molecule has 1 rings (SSSR count). The van der Waals surface area contributed by atoms with E-state index >= 15 is 0 Å². The van der Waals surface area contributed by atoms with E-state index in [1.54, 1.807) is 51.2 Å². The second-order valence-electron chi connectivity index (χ2n) is 9.66. The number of aliphatic hydroxyl groups excluding tert-OH is 1. The molecular formula is C26H42N8O7. The fourth-order valence-electron chi connectivity index (χ4n) is 3.74. The number of benzene rings is 1. The number of amides is 4. The van der Waals surface area contributed by atoms with Crippen molar-refractivity contribution >= 4 is 35.6 Å². The molecule has 0 saturated heterocycles. The molecule has 0 aliphatic carbocycles. The predicted octanol–water partition coefficient (Wildman–Crippen LogP) is -2.83. The standard InChI is InChI=1S/C26H42N8O7/c1-15(2)21(34-22(37)17(31-20(36)13-29-3)10-7-11-30-26(27)28)24(39)33-19(14-35)23(38)32-18(25(40)41)12-16-8-5-4-6-9-16/h4-6,8-9,15,17-19,21,29,35H,7,10-14H2,1-3H3,(H,31,36)(H,32,38)(H,33,39)(H,34,37)(H,40,41)(H4,27,28,30)/t17-,18-,19-,21?/m0/s1. The molecule has 1 aromatic carbocycles. The molecule has 0 aromatic heterocycles. The SMILES string of the molecule is CNCC(=O)N[C@@H](CCCN=C(N)N)C(=O)NC(C(=O)N[C@@H](CO)C(=O)N[C@@H](Cc1ccccc1)C(=O)O)C(C)C. The minimum atomic E-state index is -1.48. The van der Waals surface area contributed by atoms with Gasteiger partial charge in [0.15, 0.2) is 5.96 Å². The first-order valence-corrected chi connectivity index (χ1v) is 13.2. The molecule has 0 aliphatic rings. The highest BCUT2D eigenvalue weighted by Gasteiger charge is 2.32. The first-order valence-electron chi connectivity index (χ1n) is 13.2. The lowest BCUT2D eigenvalue weighted by Crippen LogP contribution is -2.60. The normalized spacial score (nSPS) is 13.7. The fraction of sp³-hybridized carbons (Fsp3) is 0.538. The Hall–Kier alpha value is -4.24. The van der Waals surface area contributed by atoms with Gasteiger partial charge in [0.1, 0.15) is 24.2 Å². The number of likely N-dealkylation sites (N-methyl/N-ethyl adjacent to an activating group) is 1. The maximum absolute atomic E-state index is 13.1. The van der Waals surface area contributed by atoms with Crippen molar-refractivity contribution in [3.8, 4) is 0 Å². The third-order valence-corrected chi connectivity index (χ3v) is 5.89. The van der Waals surface area contributed by atoms with Crippen LogP contribution in [-0.2, 0) is 30.4 Å². The zero-order chi connectivity index (χ0) is 30.9. The van der Waals surface area contributed by atoms with Crippen LogP contribution in [0.1, 0.15) is 32.3 Å². The summed E-state index contributed by atoms with van der Waals surface area (Å²) in [5.41, 5.74) is 11.3. The van der Waals surface area contributed by atoms with Crippen LogP contribution in [0.25, 0.3) is 0 Å². The second kappa shape index (κ2) is 18.2. The van der Waals surface area contributed by atoms with Crippen molar-refractivity contribution < 1.29 is 34.2 Å². The summed E-state index contributed by atoms with van der Waals surface area (Å²) in [4.78, 5) is 66.8. The lowest BCUT2D eigenvalue weighted by molar-refractivity contribution is -0.142. The molecule has 11 N–H and O–H groups in total. The number of carboxylic acid groups (broad SMARTS) is 1. The van der Waals surface area contributed by atoms with Crippen molar-refractivity contribution in [1.82, 2.24) is 26.6 Å². The summed E-state index contributed by atoms with van der Waals surface area (Å²) in [5.74, 6) is -4.63. The molecule has 0 aliphatic heterocycles. The molecule has 1 unspecified atom stereocenters. The van der Waals surface area contributed by atoms with Crippen LogP contribution >= 0.6 is 0 Å². The smallest absolute Gasteiger partial charge is 0.326 e. The zero-order valence-electron chi connectivity index (χ0n) is 23.6. The lowest BCUT2D eigenvalue weighted by atomic mass is 10.0. The number of hydrogen-bond donors (Lipinski definition) is 9. The number of guanidine groups is 1. The highest BCUT2D eigenvalue weighted by atomic mass is 16.4. The summed E-state index contributed by atoms with van der Waals surface area (Å²) in [5, 5.41) is 31.9. The molecule has 15 heteroatoms. The molecule has 4 amide bonds. The summed E-state index contributed by atoms with van der Waals surface area (Å²) in [6, 6.07) is 3.70. The third-order valence-electron chi connectivity index (χ3n) is 5.89. The van der Waals surface area contributed by atoms with Crippen LogP contribution in [0, 0.1) is 5.92 Å². The number of aliphatic hydroxyl groups is 1. The topological polar surface area (TPSA) is 250 Å². The summed E-state index contributed by atoms with van der Waals surface area (Å²) >= 11 is 0. The van der Waals surface area contributed by atoms with E-state index in [-0.39, 0.29) is 31.9 Å². The Labute approximate surface area is 238 Å². The van der Waals surface area contributed by atoms with Gasteiger partial charge in [-0.15, -0.1) is 0 Å². The van der Waals surface area contributed by atoms with Crippen molar-refractivity contribution in [2.45, 2.75) is 57.3 Å². The monoisotopic (exact) mass is 578 g/mol. The molecule has 0 saturated carbocycles. The third kappa shape index (κ3) is 13.1. The van der Waals surface area contributed by atoms with Gasteiger partial charge in [-0.3, -0.25) is 24.2 Å². The van der Waals surface area contributed by atoms with Crippen molar-refractivity contribution in [3.05, 3.63) is 35.9 Å². The van der Waals surface area contributed by atoms with Gasteiger partial charge >= 0.3 is 5.97 Å². The van der Waals surface area contributed by atoms with Crippen molar-refractivity contribution in [2.75, 3.05) is 26.7 Å². The minimum absolute atomic E-state index is 0.0114. The predicted molar refractivity (Wildman–Crippen MR) is 151 cm³/mol. The molecule has 15 nitrogen and oxygen atoms in total. The first-order chi connectivity index (χ1) is 19.4. The summed E-state index contributed by atoms with van der Waals surface area (Å²) in [6.07, 6.45) is 0.515. The molecular weight excluding hydrogens is 536 g/mol. The number of carbonyl (C=O) groups is 5. The van der Waals surface area contributed by atoms with Gasteiger partial charge in [0.25, 0.3) is 0 Å². The first kappa shape index (κ1) is 34.8. The van der Waals surface area contributed by atoms with Crippen LogP contribution in [0.4, 0.5) is 0 Å². The van der Waals surface area contributed by atoms with Gasteiger partial charge in [-0.2, -0.15) is 0 Å². The molecule has 4 atom stereocenters. The zero-order valence-corrected chi connectivity index (χ0v) is 23.6. The van der Waals surface area contributed by atoms with Crippen LogP contribution in [0.15, 0.2) is 35.3 Å². The van der Waals surface area contributed by atoms with E-state index in [4.69, 9.17) is 11.5 Å². The molecule has 228 valence electrons. The Morgan fingerprint density at radius 1 is 0.878 bits per heavy atom. The van der Waals surface area contributed by atoms with E-state index in [0.29, 0.717) is 12.0 Å². The largest absolute Gasteiger partial charge is 0.480 e. The number of carbonyl (C=O) groups excluding carboxylic acids is 4. The average molecular weight is 579 g/mol. The lowest BCUT2D eigenvalue weighted by Gasteiger charge is -2.27. The van der Waals surface area contributed by atoms with Crippen molar-refractivity contribution in [1.29, 1.82) is 0 Å². The molecule has 0 radical (unpaired) electrons. The number of nitrogens with one attached hydrogen (secondary N) is 5. The quantitative estimate of drug-likeness (QED) is 0.0490. The molecule has 1 aromatic rings. The van der Waals surface area contributed by atoms with Crippen LogP contribution in [0.5, 0.6) is 0 Å². The van der Waals surface area contributed by atoms with E-state index in [9.17, 15) is 34.2 Å². The van der Waals surface area contributed by atoms with Crippen LogP contribution in [0.2, 0.25) is 0 Å². The molecule has 41 heavy (non-hydrogen) atoms. The van der Waals surface area contributed by atoms with Crippen LogP contribution in [0.3, 0.4) is 0 Å². The number of aliphatic imine (C=N–C) groups is 1. The average Bonchev–Trinajstić information content (AvgIpc) is 2.91. The summed E-state index contributed by atoms with van der Waals surface area (Å²) in [6.45, 7) is 2.68. The maximum Gasteiger partial charge on any atom is 0.326 e. The van der Waals surface area contributed by atoms with Gasteiger partial charge in [0.05, 0.1) is 13.2 Å². The highest BCUT2D eigenvalue weighted by molar-refractivity contribution is 5.95. The van der Waals surface area contributed by atoms with E-state index in [0.717, 1.165) is 0 Å². The highest BCUT2D eigenvalue weighted by Crippen LogP contribution is 2.07. The number of hydrogen-bond acceptors (Lipinski definition) is 8. The Morgan fingerprint density at radius 3 is 2.02 bits per heavy atom.